The molecule has 8 heteroatoms. The number of anilines is 1. The maximum Gasteiger partial charge on any atom is 0.228 e. The maximum atomic E-state index is 12.2. The van der Waals surface area contributed by atoms with Crippen LogP contribution in [-0.2, 0) is 11.2 Å². The Hall–Kier alpha value is -3.42. The summed E-state index contributed by atoms with van der Waals surface area (Å²) in [5.74, 6) is 1.18. The molecule has 0 saturated heterocycles. The van der Waals surface area contributed by atoms with Crippen molar-refractivity contribution in [3.8, 4) is 17.2 Å². The van der Waals surface area contributed by atoms with E-state index in [0.29, 0.717) is 17.1 Å². The maximum absolute atomic E-state index is 12.2. The number of rotatable bonds is 6. The van der Waals surface area contributed by atoms with Crippen molar-refractivity contribution in [2.75, 3.05) is 19.5 Å². The van der Waals surface area contributed by atoms with E-state index in [1.165, 1.54) is 11.0 Å². The number of carbonyl (C=O) groups is 1. The Labute approximate surface area is 144 Å². The summed E-state index contributed by atoms with van der Waals surface area (Å²) in [5, 5.41) is 13.9. The van der Waals surface area contributed by atoms with Crippen LogP contribution in [0.25, 0.3) is 5.69 Å². The van der Waals surface area contributed by atoms with Gasteiger partial charge in [-0.2, -0.15) is 4.68 Å². The molecule has 3 aromatic rings. The molecule has 0 aliphatic rings. The van der Waals surface area contributed by atoms with Crippen molar-refractivity contribution >= 4 is 11.6 Å². The number of carbonyl (C=O) groups excluding carboxylic acids is 1. The zero-order chi connectivity index (χ0) is 17.6. The summed E-state index contributed by atoms with van der Waals surface area (Å²) in [5.41, 5.74) is 2.21. The molecular formula is C17H17N5O3. The predicted octanol–water partition coefficient (Wildman–Crippen LogP) is 1.86. The van der Waals surface area contributed by atoms with Crippen LogP contribution in [0.15, 0.2) is 48.8 Å². The van der Waals surface area contributed by atoms with Gasteiger partial charge in [0, 0.05) is 11.8 Å². The van der Waals surface area contributed by atoms with Gasteiger partial charge < -0.3 is 14.8 Å². The highest BCUT2D eigenvalue weighted by Gasteiger charge is 2.10. The van der Waals surface area contributed by atoms with Crippen LogP contribution in [0.2, 0.25) is 0 Å². The van der Waals surface area contributed by atoms with E-state index in [-0.39, 0.29) is 12.3 Å². The fourth-order valence-electron chi connectivity index (χ4n) is 2.35. The van der Waals surface area contributed by atoms with Gasteiger partial charge in [-0.05, 0) is 40.3 Å². The van der Waals surface area contributed by atoms with Gasteiger partial charge in [0.1, 0.15) is 23.5 Å². The zero-order valence-electron chi connectivity index (χ0n) is 13.8. The van der Waals surface area contributed by atoms with E-state index in [0.717, 1.165) is 11.3 Å². The standard InChI is InChI=1S/C17H17N5O3/c1-24-14-6-3-12(4-7-14)9-17(23)19-13-5-8-15(16(10-13)25-2)22-11-18-20-21-22/h3-8,10-11H,9H2,1-2H3,(H,19,23). The van der Waals surface area contributed by atoms with Gasteiger partial charge in [0.2, 0.25) is 5.91 Å². The molecule has 0 radical (unpaired) electrons. The second-order valence-electron chi connectivity index (χ2n) is 5.21. The Kier molecular flexibility index (Phi) is 4.89. The highest BCUT2D eigenvalue weighted by molar-refractivity contribution is 5.92. The number of hydrogen-bond donors (Lipinski definition) is 1. The molecule has 0 aliphatic heterocycles. The predicted molar refractivity (Wildman–Crippen MR) is 91.0 cm³/mol. The van der Waals surface area contributed by atoms with E-state index in [9.17, 15) is 4.79 Å². The molecule has 25 heavy (non-hydrogen) atoms. The molecule has 1 amide bonds. The first-order chi connectivity index (χ1) is 12.2. The molecule has 1 aromatic heterocycles. The third kappa shape index (κ3) is 3.92. The number of tetrazole rings is 1. The number of nitrogens with one attached hydrogen (secondary N) is 1. The minimum atomic E-state index is -0.123. The topological polar surface area (TPSA) is 91.2 Å². The molecule has 1 heterocycles. The van der Waals surface area contributed by atoms with Gasteiger partial charge in [-0.15, -0.1) is 5.10 Å². The van der Waals surface area contributed by atoms with Crippen LogP contribution < -0.4 is 14.8 Å². The van der Waals surface area contributed by atoms with Crippen molar-refractivity contribution in [1.82, 2.24) is 20.2 Å². The van der Waals surface area contributed by atoms with Crippen LogP contribution >= 0.6 is 0 Å². The van der Waals surface area contributed by atoms with Crippen molar-refractivity contribution in [2.24, 2.45) is 0 Å². The largest absolute Gasteiger partial charge is 0.497 e. The summed E-state index contributed by atoms with van der Waals surface area (Å²) in [4.78, 5) is 12.2. The number of benzene rings is 2. The SMILES string of the molecule is COc1ccc(CC(=O)Nc2ccc(-n3cnnn3)c(OC)c2)cc1. The first-order valence-corrected chi connectivity index (χ1v) is 7.54. The minimum Gasteiger partial charge on any atom is -0.497 e. The first kappa shape index (κ1) is 16.4. The molecule has 0 bridgehead atoms. The van der Waals surface area contributed by atoms with Crippen molar-refractivity contribution in [1.29, 1.82) is 0 Å². The molecule has 1 N–H and O–H groups in total. The summed E-state index contributed by atoms with van der Waals surface area (Å²) >= 11 is 0. The van der Waals surface area contributed by atoms with Crippen molar-refractivity contribution in [3.63, 3.8) is 0 Å². The molecule has 0 aliphatic carbocycles. The van der Waals surface area contributed by atoms with E-state index < -0.39 is 0 Å². The van der Waals surface area contributed by atoms with Crippen LogP contribution in [0.4, 0.5) is 5.69 Å². The van der Waals surface area contributed by atoms with Crippen molar-refractivity contribution in [2.45, 2.75) is 6.42 Å². The molecule has 0 fully saturated rings. The fourth-order valence-corrected chi connectivity index (χ4v) is 2.35. The van der Waals surface area contributed by atoms with Gasteiger partial charge in [0.25, 0.3) is 0 Å². The summed E-state index contributed by atoms with van der Waals surface area (Å²) < 4.78 is 11.9. The molecule has 3 rings (SSSR count). The average molecular weight is 339 g/mol. The zero-order valence-corrected chi connectivity index (χ0v) is 13.8. The van der Waals surface area contributed by atoms with Gasteiger partial charge in [0.15, 0.2) is 0 Å². The van der Waals surface area contributed by atoms with E-state index >= 15 is 0 Å². The van der Waals surface area contributed by atoms with Crippen molar-refractivity contribution in [3.05, 3.63) is 54.4 Å². The van der Waals surface area contributed by atoms with Gasteiger partial charge in [-0.1, -0.05) is 12.1 Å². The van der Waals surface area contributed by atoms with Crippen LogP contribution in [-0.4, -0.2) is 40.3 Å². The van der Waals surface area contributed by atoms with E-state index in [2.05, 4.69) is 20.8 Å². The normalized spacial score (nSPS) is 10.3. The average Bonchev–Trinajstić information content (AvgIpc) is 3.16. The highest BCUT2D eigenvalue weighted by Crippen LogP contribution is 2.26. The number of nitrogens with zero attached hydrogens (tertiary/aromatic N) is 4. The lowest BCUT2D eigenvalue weighted by Crippen LogP contribution is -2.14. The van der Waals surface area contributed by atoms with E-state index in [1.54, 1.807) is 32.4 Å². The summed E-state index contributed by atoms with van der Waals surface area (Å²) in [6.07, 6.45) is 1.74. The number of aromatic nitrogens is 4. The monoisotopic (exact) mass is 339 g/mol. The van der Waals surface area contributed by atoms with Crippen LogP contribution in [0.5, 0.6) is 11.5 Å². The second-order valence-corrected chi connectivity index (χ2v) is 5.21. The third-order valence-corrected chi connectivity index (χ3v) is 3.58. The Morgan fingerprint density at radius 2 is 1.92 bits per heavy atom. The molecule has 0 unspecified atom stereocenters. The minimum absolute atomic E-state index is 0.123. The Morgan fingerprint density at radius 3 is 2.56 bits per heavy atom. The van der Waals surface area contributed by atoms with Crippen molar-refractivity contribution < 1.29 is 14.3 Å². The van der Waals surface area contributed by atoms with Gasteiger partial charge in [-0.25, -0.2) is 0 Å². The lowest BCUT2D eigenvalue weighted by atomic mass is 10.1. The van der Waals surface area contributed by atoms with Crippen LogP contribution in [0.3, 0.4) is 0 Å². The number of ether oxygens (including phenoxy) is 2. The summed E-state index contributed by atoms with van der Waals surface area (Å²) in [7, 11) is 3.15. The summed E-state index contributed by atoms with van der Waals surface area (Å²) in [6.45, 7) is 0. The van der Waals surface area contributed by atoms with E-state index in [1.807, 2.05) is 24.3 Å². The van der Waals surface area contributed by atoms with Gasteiger partial charge in [0.05, 0.1) is 20.6 Å². The molecule has 0 spiro atoms. The second kappa shape index (κ2) is 7.43. The number of amides is 1. The fraction of sp³-hybridized carbons (Fsp3) is 0.176. The van der Waals surface area contributed by atoms with Gasteiger partial charge >= 0.3 is 0 Å². The Bertz CT molecular complexity index is 847. The van der Waals surface area contributed by atoms with Crippen LogP contribution in [0, 0.1) is 0 Å². The lowest BCUT2D eigenvalue weighted by molar-refractivity contribution is -0.115. The molecular weight excluding hydrogens is 322 g/mol. The molecule has 128 valence electrons. The molecule has 0 atom stereocenters. The lowest BCUT2D eigenvalue weighted by Gasteiger charge is -2.11. The van der Waals surface area contributed by atoms with E-state index in [4.69, 9.17) is 9.47 Å². The Balaban J connectivity index is 1.70. The number of methoxy groups -OCH3 is 2. The summed E-state index contributed by atoms with van der Waals surface area (Å²) in [6, 6.07) is 12.6. The third-order valence-electron chi connectivity index (χ3n) is 3.58. The molecule has 2 aromatic carbocycles. The van der Waals surface area contributed by atoms with Gasteiger partial charge in [-0.3, -0.25) is 4.79 Å². The highest BCUT2D eigenvalue weighted by atomic mass is 16.5. The molecule has 0 saturated carbocycles. The van der Waals surface area contributed by atoms with Crippen LogP contribution in [0.1, 0.15) is 5.56 Å². The smallest absolute Gasteiger partial charge is 0.228 e. The number of hydrogen-bond acceptors (Lipinski definition) is 6. The first-order valence-electron chi connectivity index (χ1n) is 7.54. The quantitative estimate of drug-likeness (QED) is 0.737. The molecule has 8 nitrogen and oxygen atoms in total. The Morgan fingerprint density at radius 1 is 1.12 bits per heavy atom.